The van der Waals surface area contributed by atoms with E-state index in [-0.39, 0.29) is 5.69 Å². The van der Waals surface area contributed by atoms with Gasteiger partial charge >= 0.3 is 0 Å². The second-order valence-electron chi connectivity index (χ2n) is 3.79. The second-order valence-corrected chi connectivity index (χ2v) is 5.42. The van der Waals surface area contributed by atoms with Gasteiger partial charge in [0.05, 0.1) is 10.5 Å². The van der Waals surface area contributed by atoms with Crippen LogP contribution in [0.5, 0.6) is 0 Å². The lowest BCUT2D eigenvalue weighted by Crippen LogP contribution is -1.90. The molecule has 1 aromatic heterocycles. The highest BCUT2D eigenvalue weighted by molar-refractivity contribution is 9.08. The molecule has 2 aromatic rings. The molecular formula is C13H8BrN3O2S. The molecule has 0 saturated heterocycles. The number of benzene rings is 1. The van der Waals surface area contributed by atoms with Crippen LogP contribution in [0.15, 0.2) is 46.5 Å². The van der Waals surface area contributed by atoms with E-state index in [0.717, 1.165) is 10.5 Å². The zero-order valence-corrected chi connectivity index (χ0v) is 12.5. The maximum absolute atomic E-state index is 10.6. The molecule has 0 bridgehead atoms. The number of nitriles is 1. The molecule has 0 N–H and O–H groups in total. The topological polar surface area (TPSA) is 79.8 Å². The first-order chi connectivity index (χ1) is 9.63. The number of aromatic nitrogens is 1. The fourth-order valence-corrected chi connectivity index (χ4v) is 2.60. The third-order valence-electron chi connectivity index (χ3n) is 2.44. The number of nitro benzene ring substituents is 1. The molecule has 20 heavy (non-hydrogen) atoms. The second kappa shape index (κ2) is 6.50. The highest BCUT2D eigenvalue weighted by Gasteiger charge is 2.09. The summed E-state index contributed by atoms with van der Waals surface area (Å²) in [6, 6.07) is 10.0. The lowest BCUT2D eigenvalue weighted by atomic mass is 10.2. The Labute approximate surface area is 127 Å². The monoisotopic (exact) mass is 349 g/mol. The van der Waals surface area contributed by atoms with Gasteiger partial charge in [0, 0.05) is 28.6 Å². The van der Waals surface area contributed by atoms with E-state index in [9.17, 15) is 10.1 Å². The molecule has 7 heteroatoms. The summed E-state index contributed by atoms with van der Waals surface area (Å²) in [6.07, 6.45) is 1.70. The zero-order chi connectivity index (χ0) is 14.5. The summed E-state index contributed by atoms with van der Waals surface area (Å²) in [5.74, 6) is 0. The van der Waals surface area contributed by atoms with Crippen molar-refractivity contribution < 1.29 is 4.92 Å². The van der Waals surface area contributed by atoms with E-state index in [1.54, 1.807) is 24.4 Å². The molecule has 0 aliphatic carbocycles. The summed E-state index contributed by atoms with van der Waals surface area (Å²) in [4.78, 5) is 15.2. The van der Waals surface area contributed by atoms with Gasteiger partial charge < -0.3 is 0 Å². The van der Waals surface area contributed by atoms with Crippen molar-refractivity contribution in [3.8, 4) is 6.07 Å². The van der Waals surface area contributed by atoms with Crippen LogP contribution < -0.4 is 0 Å². The molecular weight excluding hydrogens is 342 g/mol. The molecule has 1 heterocycles. The first-order valence-corrected chi connectivity index (χ1v) is 7.45. The summed E-state index contributed by atoms with van der Waals surface area (Å²) in [6.45, 7) is 0. The molecule has 0 atom stereocenters. The standard InChI is InChI=1S/C13H8BrN3O2S/c14-6-9-5-10(7-15)13(16-8-9)20-12-3-1-11(2-4-12)17(18)19/h1-5,8H,6H2. The van der Waals surface area contributed by atoms with Crippen LogP contribution in [0.25, 0.3) is 0 Å². The molecule has 0 saturated carbocycles. The first kappa shape index (κ1) is 14.5. The Balaban J connectivity index is 2.26. The lowest BCUT2D eigenvalue weighted by molar-refractivity contribution is -0.384. The van der Waals surface area contributed by atoms with Crippen molar-refractivity contribution in [1.82, 2.24) is 4.98 Å². The van der Waals surface area contributed by atoms with Crippen molar-refractivity contribution >= 4 is 33.4 Å². The molecule has 1 aromatic carbocycles. The van der Waals surface area contributed by atoms with Crippen LogP contribution in [0.3, 0.4) is 0 Å². The van der Waals surface area contributed by atoms with Crippen LogP contribution >= 0.6 is 27.7 Å². The molecule has 0 radical (unpaired) electrons. The molecule has 0 amide bonds. The molecule has 2 rings (SSSR count). The first-order valence-electron chi connectivity index (χ1n) is 5.51. The van der Waals surface area contributed by atoms with E-state index in [1.165, 1.54) is 23.9 Å². The normalized spacial score (nSPS) is 10.0. The van der Waals surface area contributed by atoms with Crippen molar-refractivity contribution in [2.24, 2.45) is 0 Å². The summed E-state index contributed by atoms with van der Waals surface area (Å²) in [5.41, 5.74) is 1.46. The Morgan fingerprint density at radius 1 is 1.40 bits per heavy atom. The zero-order valence-electron chi connectivity index (χ0n) is 10.1. The van der Waals surface area contributed by atoms with Gasteiger partial charge in [-0.3, -0.25) is 10.1 Å². The van der Waals surface area contributed by atoms with E-state index < -0.39 is 4.92 Å². The number of pyridine rings is 1. The minimum absolute atomic E-state index is 0.0393. The maximum atomic E-state index is 10.6. The van der Waals surface area contributed by atoms with Crippen LogP contribution in [0.4, 0.5) is 5.69 Å². The van der Waals surface area contributed by atoms with Gasteiger partial charge in [-0.05, 0) is 23.8 Å². The van der Waals surface area contributed by atoms with Crippen molar-refractivity contribution in [2.75, 3.05) is 0 Å². The largest absolute Gasteiger partial charge is 0.269 e. The Bertz CT molecular complexity index is 683. The Kier molecular flexibility index (Phi) is 4.71. The third-order valence-corrected chi connectivity index (χ3v) is 4.12. The molecule has 100 valence electrons. The molecule has 0 unspecified atom stereocenters. The quantitative estimate of drug-likeness (QED) is 0.475. The van der Waals surface area contributed by atoms with Crippen LogP contribution in [-0.4, -0.2) is 9.91 Å². The lowest BCUT2D eigenvalue weighted by Gasteiger charge is -2.04. The van der Waals surface area contributed by atoms with Gasteiger partial charge in [0.15, 0.2) is 0 Å². The van der Waals surface area contributed by atoms with E-state index in [0.29, 0.717) is 15.9 Å². The minimum Gasteiger partial charge on any atom is -0.258 e. The number of rotatable bonds is 4. The number of nitrogens with zero attached hydrogens (tertiary/aromatic N) is 3. The van der Waals surface area contributed by atoms with Gasteiger partial charge in [0.1, 0.15) is 11.1 Å². The molecule has 0 fully saturated rings. The third kappa shape index (κ3) is 3.35. The van der Waals surface area contributed by atoms with E-state index in [2.05, 4.69) is 27.0 Å². The maximum Gasteiger partial charge on any atom is 0.269 e. The summed E-state index contributed by atoms with van der Waals surface area (Å²) in [7, 11) is 0. The predicted molar refractivity (Wildman–Crippen MR) is 78.8 cm³/mol. The molecule has 0 aliphatic rings. The van der Waals surface area contributed by atoms with Gasteiger partial charge in [0.2, 0.25) is 0 Å². The van der Waals surface area contributed by atoms with Gasteiger partial charge in [-0.25, -0.2) is 4.98 Å². The highest BCUT2D eigenvalue weighted by atomic mass is 79.9. The number of alkyl halides is 1. The average Bonchev–Trinajstić information content (AvgIpc) is 2.48. The number of hydrogen-bond donors (Lipinski definition) is 0. The van der Waals surface area contributed by atoms with Gasteiger partial charge in [0.25, 0.3) is 5.69 Å². The van der Waals surface area contributed by atoms with Gasteiger partial charge in [-0.1, -0.05) is 27.7 Å². The van der Waals surface area contributed by atoms with Crippen molar-refractivity contribution in [2.45, 2.75) is 15.3 Å². The summed E-state index contributed by atoms with van der Waals surface area (Å²) >= 11 is 4.62. The Hall–Kier alpha value is -1.91. The molecule has 5 nitrogen and oxygen atoms in total. The van der Waals surface area contributed by atoms with E-state index in [4.69, 9.17) is 5.26 Å². The minimum atomic E-state index is -0.446. The predicted octanol–water partition coefficient (Wildman–Crippen LogP) is 3.91. The van der Waals surface area contributed by atoms with E-state index >= 15 is 0 Å². The van der Waals surface area contributed by atoms with Crippen LogP contribution in [-0.2, 0) is 5.33 Å². The Morgan fingerprint density at radius 2 is 2.10 bits per heavy atom. The fraction of sp³-hybridized carbons (Fsp3) is 0.0769. The highest BCUT2D eigenvalue weighted by Crippen LogP contribution is 2.30. The average molecular weight is 350 g/mol. The van der Waals surface area contributed by atoms with Crippen LogP contribution in [0.1, 0.15) is 11.1 Å². The van der Waals surface area contributed by atoms with Gasteiger partial charge in [-0.2, -0.15) is 5.26 Å². The number of nitro groups is 1. The summed E-state index contributed by atoms with van der Waals surface area (Å²) < 4.78 is 0. The summed E-state index contributed by atoms with van der Waals surface area (Å²) in [5, 5.41) is 20.9. The Morgan fingerprint density at radius 3 is 2.65 bits per heavy atom. The van der Waals surface area contributed by atoms with E-state index in [1.807, 2.05) is 0 Å². The van der Waals surface area contributed by atoms with Crippen molar-refractivity contribution in [1.29, 1.82) is 5.26 Å². The number of halogens is 1. The van der Waals surface area contributed by atoms with Gasteiger partial charge in [-0.15, -0.1) is 0 Å². The fourth-order valence-electron chi connectivity index (χ4n) is 1.48. The smallest absolute Gasteiger partial charge is 0.258 e. The van der Waals surface area contributed by atoms with Crippen molar-refractivity contribution in [3.05, 3.63) is 57.8 Å². The van der Waals surface area contributed by atoms with Crippen molar-refractivity contribution in [3.63, 3.8) is 0 Å². The number of hydrogen-bond acceptors (Lipinski definition) is 5. The number of non-ortho nitro benzene ring substituents is 1. The SMILES string of the molecule is N#Cc1cc(CBr)cnc1Sc1ccc([N+](=O)[O-])cc1. The van der Waals surface area contributed by atoms with Crippen LogP contribution in [0, 0.1) is 21.4 Å². The molecule has 0 spiro atoms. The molecule has 0 aliphatic heterocycles. The van der Waals surface area contributed by atoms with Crippen LogP contribution in [0.2, 0.25) is 0 Å².